The average Bonchev–Trinajstić information content (AvgIpc) is 3.41. The summed E-state index contributed by atoms with van der Waals surface area (Å²) in [7, 11) is 1.50. The van der Waals surface area contributed by atoms with Gasteiger partial charge in [0.1, 0.15) is 17.1 Å². The average molecular weight is 435 g/mol. The quantitative estimate of drug-likeness (QED) is 0.520. The molecule has 10 nitrogen and oxygen atoms in total. The molecule has 1 saturated heterocycles. The second-order valence-electron chi connectivity index (χ2n) is 7.67. The lowest BCUT2D eigenvalue weighted by atomic mass is 9.95. The number of aromatic carboxylic acids is 1. The summed E-state index contributed by atoms with van der Waals surface area (Å²) in [5.41, 5.74) is -0.0373. The van der Waals surface area contributed by atoms with Gasteiger partial charge in [0.2, 0.25) is 0 Å². The van der Waals surface area contributed by atoms with E-state index in [1.54, 1.807) is 18.2 Å². The van der Waals surface area contributed by atoms with Gasteiger partial charge in [-0.1, -0.05) is 6.07 Å². The van der Waals surface area contributed by atoms with Crippen LogP contribution in [0.25, 0.3) is 11.0 Å². The number of methoxy groups -OCH3 is 1. The standard InChI is InChI=1S/C22H17N3O7/c1-31-14-4-2-12-9-25(18(26)15(12)8-14)10-22(20(29)23-21(30)24-22)17-7-13-6-11(19(27)28)3-5-16(13)32-17/h2-8H,9-10H2,1H3,(H,27,28)(H2,23,24,29,30). The second kappa shape index (κ2) is 6.84. The van der Waals surface area contributed by atoms with E-state index in [4.69, 9.17) is 9.15 Å². The summed E-state index contributed by atoms with van der Waals surface area (Å²) < 4.78 is 11.0. The Balaban J connectivity index is 1.55. The van der Waals surface area contributed by atoms with Crippen LogP contribution < -0.4 is 15.4 Å². The lowest BCUT2D eigenvalue weighted by Gasteiger charge is -2.29. The Labute approximate surface area is 180 Å². The molecule has 10 heteroatoms. The Morgan fingerprint density at radius 3 is 2.69 bits per heavy atom. The van der Waals surface area contributed by atoms with Crippen molar-refractivity contribution >= 4 is 34.8 Å². The number of imide groups is 1. The number of furan rings is 1. The van der Waals surface area contributed by atoms with Crippen molar-refractivity contribution in [3.8, 4) is 5.75 Å². The number of carboxylic acids is 1. The van der Waals surface area contributed by atoms with Crippen molar-refractivity contribution in [2.45, 2.75) is 12.1 Å². The van der Waals surface area contributed by atoms with Crippen molar-refractivity contribution in [2.75, 3.05) is 13.7 Å². The van der Waals surface area contributed by atoms with Gasteiger partial charge in [-0.3, -0.25) is 14.9 Å². The molecule has 162 valence electrons. The van der Waals surface area contributed by atoms with Crippen LogP contribution in [-0.4, -0.2) is 47.5 Å². The van der Waals surface area contributed by atoms with E-state index in [1.165, 1.54) is 36.3 Å². The van der Waals surface area contributed by atoms with Crippen molar-refractivity contribution < 1.29 is 33.4 Å². The molecule has 0 saturated carbocycles. The number of amides is 4. The van der Waals surface area contributed by atoms with Gasteiger partial charge in [-0.2, -0.15) is 0 Å². The molecule has 0 bridgehead atoms. The van der Waals surface area contributed by atoms with E-state index in [1.807, 2.05) is 0 Å². The van der Waals surface area contributed by atoms with Crippen LogP contribution in [0.4, 0.5) is 4.79 Å². The molecule has 2 aliphatic heterocycles. The number of hydrogen-bond acceptors (Lipinski definition) is 6. The van der Waals surface area contributed by atoms with Gasteiger partial charge in [-0.15, -0.1) is 0 Å². The van der Waals surface area contributed by atoms with Crippen molar-refractivity contribution in [3.05, 3.63) is 64.9 Å². The highest BCUT2D eigenvalue weighted by atomic mass is 16.5. The lowest BCUT2D eigenvalue weighted by molar-refractivity contribution is -0.125. The summed E-state index contributed by atoms with van der Waals surface area (Å²) in [5.74, 6) is -1.45. The molecule has 5 rings (SSSR count). The number of nitrogens with zero attached hydrogens (tertiary/aromatic N) is 1. The predicted octanol–water partition coefficient (Wildman–Crippen LogP) is 1.83. The number of ether oxygens (including phenoxy) is 1. The Kier molecular flexibility index (Phi) is 4.19. The zero-order valence-electron chi connectivity index (χ0n) is 16.8. The molecular formula is C22H17N3O7. The molecule has 1 unspecified atom stereocenters. The normalized spacial score (nSPS) is 19.8. The lowest BCUT2D eigenvalue weighted by Crippen LogP contribution is -2.52. The third-order valence-corrected chi connectivity index (χ3v) is 5.75. The fourth-order valence-corrected chi connectivity index (χ4v) is 4.12. The van der Waals surface area contributed by atoms with Crippen LogP contribution in [0.2, 0.25) is 0 Å². The number of fused-ring (bicyclic) bond motifs is 2. The first-order valence-corrected chi connectivity index (χ1v) is 9.68. The summed E-state index contributed by atoms with van der Waals surface area (Å²) in [4.78, 5) is 50.8. The first-order chi connectivity index (χ1) is 15.3. The number of carboxylic acid groups (broad SMARTS) is 1. The maximum Gasteiger partial charge on any atom is 0.335 e. The number of carbonyl (C=O) groups excluding carboxylic acids is 3. The minimum Gasteiger partial charge on any atom is -0.497 e. The summed E-state index contributed by atoms with van der Waals surface area (Å²) >= 11 is 0. The summed E-state index contributed by atoms with van der Waals surface area (Å²) in [6, 6.07) is 10.2. The van der Waals surface area contributed by atoms with Gasteiger partial charge >= 0.3 is 12.0 Å². The van der Waals surface area contributed by atoms with Gasteiger partial charge in [0.25, 0.3) is 11.8 Å². The zero-order chi connectivity index (χ0) is 22.6. The van der Waals surface area contributed by atoms with Crippen LogP contribution in [-0.2, 0) is 16.9 Å². The fraction of sp³-hybridized carbons (Fsp3) is 0.182. The van der Waals surface area contributed by atoms with Crippen molar-refractivity contribution in [1.29, 1.82) is 0 Å². The largest absolute Gasteiger partial charge is 0.497 e. The van der Waals surface area contributed by atoms with E-state index in [9.17, 15) is 24.3 Å². The zero-order valence-corrected chi connectivity index (χ0v) is 16.8. The summed E-state index contributed by atoms with van der Waals surface area (Å²) in [6.45, 7) is 0.0679. The van der Waals surface area contributed by atoms with Crippen molar-refractivity contribution in [2.24, 2.45) is 0 Å². The molecule has 1 fully saturated rings. The Bertz CT molecular complexity index is 1330. The molecule has 1 atom stereocenters. The van der Waals surface area contributed by atoms with Gasteiger partial charge in [-0.25, -0.2) is 9.59 Å². The molecule has 4 amide bonds. The smallest absolute Gasteiger partial charge is 0.335 e. The molecule has 3 aromatic rings. The molecule has 0 spiro atoms. The SMILES string of the molecule is COc1ccc2c(c1)C(=O)N(CC1(c3cc4cc(C(=O)O)ccc4o3)NC(=O)NC1=O)C2. The van der Waals surface area contributed by atoms with Gasteiger partial charge in [0, 0.05) is 17.5 Å². The molecular weight excluding hydrogens is 418 g/mol. The molecule has 2 aromatic carbocycles. The van der Waals surface area contributed by atoms with Crippen molar-refractivity contribution in [1.82, 2.24) is 15.5 Å². The Morgan fingerprint density at radius 1 is 1.19 bits per heavy atom. The third kappa shape index (κ3) is 2.88. The third-order valence-electron chi connectivity index (χ3n) is 5.75. The van der Waals surface area contributed by atoms with Gasteiger partial charge in [-0.05, 0) is 42.0 Å². The number of urea groups is 1. The van der Waals surface area contributed by atoms with Gasteiger partial charge in [0.15, 0.2) is 5.54 Å². The molecule has 2 aliphatic rings. The minimum atomic E-state index is -1.67. The minimum absolute atomic E-state index is 0.0536. The van der Waals surface area contributed by atoms with Crippen LogP contribution in [0.1, 0.15) is 32.0 Å². The number of carbonyl (C=O) groups is 4. The van der Waals surface area contributed by atoms with Gasteiger partial charge in [0.05, 0.1) is 19.2 Å². The second-order valence-corrected chi connectivity index (χ2v) is 7.67. The Hall–Kier alpha value is -4.34. The fourth-order valence-electron chi connectivity index (χ4n) is 4.12. The molecule has 32 heavy (non-hydrogen) atoms. The van der Waals surface area contributed by atoms with Crippen LogP contribution >= 0.6 is 0 Å². The number of benzene rings is 2. The van der Waals surface area contributed by atoms with Crippen LogP contribution in [0, 0.1) is 0 Å². The van der Waals surface area contributed by atoms with E-state index in [2.05, 4.69) is 10.6 Å². The molecule has 0 radical (unpaired) electrons. The van der Waals surface area contributed by atoms with E-state index in [0.717, 1.165) is 5.56 Å². The topological polar surface area (TPSA) is 138 Å². The molecule has 3 N–H and O–H groups in total. The maximum absolute atomic E-state index is 13.0. The first-order valence-electron chi connectivity index (χ1n) is 9.68. The Morgan fingerprint density at radius 2 is 2.00 bits per heavy atom. The number of hydrogen-bond donors (Lipinski definition) is 3. The highest BCUT2D eigenvalue weighted by Crippen LogP contribution is 2.35. The number of rotatable bonds is 5. The van der Waals surface area contributed by atoms with Crippen LogP contribution in [0.5, 0.6) is 5.75 Å². The molecule has 0 aliphatic carbocycles. The highest BCUT2D eigenvalue weighted by Gasteiger charge is 2.53. The van der Waals surface area contributed by atoms with Gasteiger partial charge < -0.3 is 24.5 Å². The van der Waals surface area contributed by atoms with E-state index in [0.29, 0.717) is 22.3 Å². The van der Waals surface area contributed by atoms with E-state index < -0.39 is 23.4 Å². The first kappa shape index (κ1) is 19.6. The summed E-state index contributed by atoms with van der Waals surface area (Å²) in [6.07, 6.45) is 0. The summed E-state index contributed by atoms with van der Waals surface area (Å²) in [5, 5.41) is 14.5. The van der Waals surface area contributed by atoms with Crippen molar-refractivity contribution in [3.63, 3.8) is 0 Å². The maximum atomic E-state index is 13.0. The number of nitrogens with one attached hydrogen (secondary N) is 2. The van der Waals surface area contributed by atoms with E-state index in [-0.39, 0.29) is 30.3 Å². The molecule has 3 heterocycles. The monoisotopic (exact) mass is 435 g/mol. The molecule has 1 aromatic heterocycles. The predicted molar refractivity (Wildman–Crippen MR) is 109 cm³/mol. The van der Waals surface area contributed by atoms with Crippen LogP contribution in [0.3, 0.4) is 0 Å². The highest BCUT2D eigenvalue weighted by molar-refractivity contribution is 6.08. The van der Waals surface area contributed by atoms with Crippen LogP contribution in [0.15, 0.2) is 46.9 Å². The van der Waals surface area contributed by atoms with E-state index >= 15 is 0 Å².